The van der Waals surface area contributed by atoms with Crippen LogP contribution in [0.5, 0.6) is 0 Å². The topological polar surface area (TPSA) is 46.3 Å². The Labute approximate surface area is 148 Å². The number of carbonyl (C=O) groups excluding carboxylic acids is 1. The van der Waals surface area contributed by atoms with Gasteiger partial charge in [0.05, 0.1) is 6.04 Å². The molecule has 2 unspecified atom stereocenters. The van der Waals surface area contributed by atoms with Crippen molar-refractivity contribution < 1.29 is 4.79 Å². The summed E-state index contributed by atoms with van der Waals surface area (Å²) in [4.78, 5) is 15.0. The molecule has 0 spiro atoms. The van der Waals surface area contributed by atoms with E-state index in [1.807, 2.05) is 42.1 Å². The highest BCUT2D eigenvalue weighted by atomic mass is 32.2. The molecule has 0 saturated carbocycles. The van der Waals surface area contributed by atoms with Crippen molar-refractivity contribution in [2.75, 3.05) is 18.0 Å². The van der Waals surface area contributed by atoms with Gasteiger partial charge in [-0.15, -0.1) is 0 Å². The lowest BCUT2D eigenvalue weighted by Gasteiger charge is -2.40. The van der Waals surface area contributed by atoms with E-state index in [1.54, 1.807) is 0 Å². The Morgan fingerprint density at radius 1 is 1.17 bits per heavy atom. The van der Waals surface area contributed by atoms with Gasteiger partial charge in [-0.1, -0.05) is 55.5 Å². The molecule has 0 aromatic heterocycles. The molecule has 126 valence electrons. The van der Waals surface area contributed by atoms with Crippen LogP contribution in [0.15, 0.2) is 54.6 Å². The molecular weight excluding hydrogens is 316 g/mol. The minimum atomic E-state index is 0.158. The van der Waals surface area contributed by atoms with Crippen molar-refractivity contribution in [3.63, 3.8) is 0 Å². The van der Waals surface area contributed by atoms with E-state index in [1.165, 1.54) is 5.56 Å². The molecular formula is C20H24N2OS. The van der Waals surface area contributed by atoms with Crippen LogP contribution >= 0.6 is 11.8 Å². The summed E-state index contributed by atoms with van der Waals surface area (Å²) in [6, 6.07) is 18.3. The maximum absolute atomic E-state index is 12.9. The Morgan fingerprint density at radius 2 is 1.88 bits per heavy atom. The number of hydrogen-bond donors (Lipinski definition) is 1. The van der Waals surface area contributed by atoms with E-state index >= 15 is 0 Å². The number of aryl methyl sites for hydroxylation is 1. The number of anilines is 1. The largest absolute Gasteiger partial charge is 0.399 e. The molecule has 24 heavy (non-hydrogen) atoms. The van der Waals surface area contributed by atoms with Gasteiger partial charge in [-0.2, -0.15) is 11.8 Å². The average molecular weight is 340 g/mol. The first kappa shape index (κ1) is 16.9. The lowest BCUT2D eigenvalue weighted by atomic mass is 10.0. The van der Waals surface area contributed by atoms with Crippen molar-refractivity contribution in [2.24, 2.45) is 0 Å². The molecule has 4 heteroatoms. The Morgan fingerprint density at radius 3 is 2.62 bits per heavy atom. The van der Waals surface area contributed by atoms with Crippen molar-refractivity contribution in [1.82, 2.24) is 4.90 Å². The number of thioether (sulfide) groups is 1. The van der Waals surface area contributed by atoms with E-state index in [4.69, 9.17) is 5.73 Å². The van der Waals surface area contributed by atoms with Gasteiger partial charge in [0.2, 0.25) is 5.91 Å². The third-order valence-corrected chi connectivity index (χ3v) is 5.82. The molecule has 1 saturated heterocycles. The predicted octanol–water partition coefficient (Wildman–Crippen LogP) is 3.91. The zero-order valence-corrected chi connectivity index (χ0v) is 14.8. The van der Waals surface area contributed by atoms with Crippen molar-refractivity contribution in [3.05, 3.63) is 65.7 Å². The number of amides is 1. The third-order valence-electron chi connectivity index (χ3n) is 4.62. The van der Waals surface area contributed by atoms with Crippen molar-refractivity contribution in [2.45, 2.75) is 31.1 Å². The smallest absolute Gasteiger partial charge is 0.223 e. The minimum Gasteiger partial charge on any atom is -0.399 e. The molecule has 0 aliphatic carbocycles. The van der Waals surface area contributed by atoms with Crippen LogP contribution in [-0.4, -0.2) is 28.4 Å². The molecule has 0 radical (unpaired) electrons. The number of para-hydroxylation sites is 1. The number of nitrogens with zero attached hydrogens (tertiary/aromatic N) is 1. The van der Waals surface area contributed by atoms with E-state index in [9.17, 15) is 4.79 Å². The number of nitrogens with two attached hydrogens (primary N) is 1. The molecule has 2 aromatic carbocycles. The van der Waals surface area contributed by atoms with Gasteiger partial charge in [0.1, 0.15) is 0 Å². The molecule has 1 fully saturated rings. The third kappa shape index (κ3) is 3.75. The molecule has 1 heterocycles. The van der Waals surface area contributed by atoms with Gasteiger partial charge in [-0.05, 0) is 23.6 Å². The van der Waals surface area contributed by atoms with E-state index < -0.39 is 0 Å². The summed E-state index contributed by atoms with van der Waals surface area (Å²) in [5, 5.41) is 0.409. The average Bonchev–Trinajstić information content (AvgIpc) is 2.61. The van der Waals surface area contributed by atoms with Gasteiger partial charge in [-0.25, -0.2) is 0 Å². The van der Waals surface area contributed by atoms with Crippen LogP contribution < -0.4 is 5.73 Å². The normalized spacial score (nSPS) is 20.8. The van der Waals surface area contributed by atoms with Crippen molar-refractivity contribution in [1.29, 1.82) is 0 Å². The number of carbonyl (C=O) groups is 1. The predicted molar refractivity (Wildman–Crippen MR) is 102 cm³/mol. The summed E-state index contributed by atoms with van der Waals surface area (Å²) in [5.74, 6) is 1.23. The zero-order valence-electron chi connectivity index (χ0n) is 14.0. The van der Waals surface area contributed by atoms with Crippen LogP contribution in [0, 0.1) is 0 Å². The lowest BCUT2D eigenvalue weighted by Crippen LogP contribution is -2.44. The molecule has 2 N–H and O–H groups in total. The van der Waals surface area contributed by atoms with E-state index in [-0.39, 0.29) is 11.9 Å². The van der Waals surface area contributed by atoms with Gasteiger partial charge >= 0.3 is 0 Å². The Kier molecular flexibility index (Phi) is 5.46. The van der Waals surface area contributed by atoms with Gasteiger partial charge in [0, 0.05) is 29.7 Å². The molecule has 2 atom stereocenters. The maximum Gasteiger partial charge on any atom is 0.223 e. The summed E-state index contributed by atoms with van der Waals surface area (Å²) < 4.78 is 0. The van der Waals surface area contributed by atoms with Crippen LogP contribution in [0.2, 0.25) is 0 Å². The lowest BCUT2D eigenvalue weighted by molar-refractivity contribution is -0.133. The summed E-state index contributed by atoms with van der Waals surface area (Å²) in [6.07, 6.45) is 1.21. The van der Waals surface area contributed by atoms with Crippen LogP contribution in [0.1, 0.15) is 30.5 Å². The van der Waals surface area contributed by atoms with Crippen LogP contribution in [-0.2, 0) is 11.2 Å². The van der Waals surface area contributed by atoms with Gasteiger partial charge in [-0.3, -0.25) is 4.79 Å². The molecule has 2 aromatic rings. The second kappa shape index (κ2) is 7.75. The summed E-state index contributed by atoms with van der Waals surface area (Å²) in [6.45, 7) is 3.04. The number of benzene rings is 2. The Hall–Kier alpha value is -1.94. The minimum absolute atomic E-state index is 0.158. The van der Waals surface area contributed by atoms with Crippen molar-refractivity contribution in [3.8, 4) is 0 Å². The first-order valence-electron chi connectivity index (χ1n) is 8.46. The first-order valence-corrected chi connectivity index (χ1v) is 9.51. The van der Waals surface area contributed by atoms with Gasteiger partial charge < -0.3 is 10.6 Å². The fourth-order valence-corrected chi connectivity index (χ4v) is 4.51. The van der Waals surface area contributed by atoms with Crippen LogP contribution in [0.4, 0.5) is 5.69 Å². The first-order chi connectivity index (χ1) is 11.7. The number of nitrogen functional groups attached to an aromatic ring is 1. The highest BCUT2D eigenvalue weighted by molar-refractivity contribution is 8.00. The van der Waals surface area contributed by atoms with Gasteiger partial charge in [0.25, 0.3) is 0 Å². The highest BCUT2D eigenvalue weighted by Gasteiger charge is 2.33. The molecule has 0 bridgehead atoms. The fourth-order valence-electron chi connectivity index (χ4n) is 3.35. The SMILES string of the molecule is CC1SCCN(C(=O)CCc2ccccc2N)C1c1ccccc1. The highest BCUT2D eigenvalue weighted by Crippen LogP contribution is 2.36. The summed E-state index contributed by atoms with van der Waals surface area (Å²) in [5.41, 5.74) is 9.05. The zero-order chi connectivity index (χ0) is 16.9. The second-order valence-corrected chi connectivity index (χ2v) is 7.70. The molecule has 3 rings (SSSR count). The van der Waals surface area contributed by atoms with E-state index in [0.29, 0.717) is 18.1 Å². The quantitative estimate of drug-likeness (QED) is 0.859. The van der Waals surface area contributed by atoms with Crippen LogP contribution in [0.25, 0.3) is 0 Å². The summed E-state index contributed by atoms with van der Waals surface area (Å²) in [7, 11) is 0. The Bertz CT molecular complexity index is 689. The summed E-state index contributed by atoms with van der Waals surface area (Å²) >= 11 is 1.95. The van der Waals surface area contributed by atoms with E-state index in [0.717, 1.165) is 23.5 Å². The number of hydrogen-bond acceptors (Lipinski definition) is 3. The van der Waals surface area contributed by atoms with Crippen molar-refractivity contribution >= 4 is 23.4 Å². The molecule has 1 aliphatic heterocycles. The molecule has 1 aliphatic rings. The van der Waals surface area contributed by atoms with Crippen LogP contribution in [0.3, 0.4) is 0 Å². The Balaban J connectivity index is 1.73. The molecule has 3 nitrogen and oxygen atoms in total. The maximum atomic E-state index is 12.9. The molecule has 1 amide bonds. The monoisotopic (exact) mass is 340 g/mol. The van der Waals surface area contributed by atoms with E-state index in [2.05, 4.69) is 36.1 Å². The number of rotatable bonds is 4. The fraction of sp³-hybridized carbons (Fsp3) is 0.350. The van der Waals surface area contributed by atoms with Gasteiger partial charge in [0.15, 0.2) is 0 Å². The standard InChI is InChI=1S/C20H24N2OS/c1-15-20(17-8-3-2-4-9-17)22(13-14-24-15)19(23)12-11-16-7-5-6-10-18(16)21/h2-10,15,20H,11-14,21H2,1H3. The second-order valence-electron chi connectivity index (χ2n) is 6.22.